The van der Waals surface area contributed by atoms with Crippen molar-refractivity contribution >= 4 is 17.3 Å². The lowest BCUT2D eigenvalue weighted by molar-refractivity contribution is -0.146. The maximum absolute atomic E-state index is 13.1. The van der Waals surface area contributed by atoms with Gasteiger partial charge in [0.2, 0.25) is 0 Å². The minimum absolute atomic E-state index is 0.0729. The highest BCUT2D eigenvalue weighted by molar-refractivity contribution is 5.48. The number of halogens is 3. The van der Waals surface area contributed by atoms with Gasteiger partial charge in [0.25, 0.3) is 5.82 Å². The number of anilines is 2. The third kappa shape index (κ3) is 3.45. The molecule has 3 aromatic heterocycles. The molecule has 0 bridgehead atoms. The van der Waals surface area contributed by atoms with E-state index in [1.165, 1.54) is 6.07 Å². The monoisotopic (exact) mass is 404 g/mol. The minimum Gasteiger partial charge on any atom is -0.353 e. The summed E-state index contributed by atoms with van der Waals surface area (Å²) in [6.45, 7) is 4.64. The second kappa shape index (κ2) is 6.53. The topological polar surface area (TPSA) is 75.3 Å². The summed E-state index contributed by atoms with van der Waals surface area (Å²) in [4.78, 5) is 13.4. The molecule has 0 unspecified atom stereocenters. The zero-order chi connectivity index (χ0) is 20.2. The predicted molar refractivity (Wildman–Crippen MR) is 99.0 cm³/mol. The van der Waals surface area contributed by atoms with Crippen molar-refractivity contribution in [3.05, 3.63) is 35.5 Å². The Morgan fingerprint density at radius 2 is 1.62 bits per heavy atom. The van der Waals surface area contributed by atoms with Gasteiger partial charge in [0, 0.05) is 43.9 Å². The summed E-state index contributed by atoms with van der Waals surface area (Å²) < 4.78 is 40.0. The van der Waals surface area contributed by atoms with Crippen molar-refractivity contribution in [2.24, 2.45) is 0 Å². The van der Waals surface area contributed by atoms with Crippen molar-refractivity contribution in [2.75, 3.05) is 36.0 Å². The summed E-state index contributed by atoms with van der Waals surface area (Å²) in [5, 5.41) is 10.9. The van der Waals surface area contributed by atoms with E-state index < -0.39 is 12.0 Å². The lowest BCUT2D eigenvalue weighted by Crippen LogP contribution is -2.47. The van der Waals surface area contributed by atoms with Gasteiger partial charge in [-0.3, -0.25) is 0 Å². The first-order valence-electron chi connectivity index (χ1n) is 9.53. The Hall–Kier alpha value is -2.98. The largest absolute Gasteiger partial charge is 0.453 e. The highest BCUT2D eigenvalue weighted by Gasteiger charge is 2.38. The van der Waals surface area contributed by atoms with E-state index >= 15 is 0 Å². The van der Waals surface area contributed by atoms with E-state index in [2.05, 4.69) is 25.2 Å². The van der Waals surface area contributed by atoms with Crippen molar-refractivity contribution in [3.8, 4) is 0 Å². The van der Waals surface area contributed by atoms with Crippen LogP contribution in [0.3, 0.4) is 0 Å². The number of fused-ring (bicyclic) bond motifs is 1. The van der Waals surface area contributed by atoms with Gasteiger partial charge < -0.3 is 9.80 Å². The van der Waals surface area contributed by atoms with Gasteiger partial charge >= 0.3 is 6.18 Å². The van der Waals surface area contributed by atoms with Crippen molar-refractivity contribution in [1.82, 2.24) is 29.8 Å². The number of alkyl halides is 3. The smallest absolute Gasteiger partial charge is 0.353 e. The molecule has 3 aromatic rings. The molecule has 1 saturated heterocycles. The van der Waals surface area contributed by atoms with Crippen molar-refractivity contribution in [1.29, 1.82) is 0 Å². The molecule has 152 valence electrons. The molecule has 5 rings (SSSR count). The van der Waals surface area contributed by atoms with E-state index in [9.17, 15) is 13.2 Å². The summed E-state index contributed by atoms with van der Waals surface area (Å²) in [5.74, 6) is 1.68. The van der Waals surface area contributed by atoms with Crippen LogP contribution in [0, 0.1) is 6.92 Å². The molecule has 0 N–H and O–H groups in total. The fourth-order valence-corrected chi connectivity index (χ4v) is 3.55. The van der Waals surface area contributed by atoms with Gasteiger partial charge in [0.05, 0.1) is 0 Å². The van der Waals surface area contributed by atoms with Gasteiger partial charge in [-0.05, 0) is 31.9 Å². The zero-order valence-corrected chi connectivity index (χ0v) is 15.8. The first-order chi connectivity index (χ1) is 13.9. The molecule has 29 heavy (non-hydrogen) atoms. The molecule has 11 heteroatoms. The molecule has 1 aliphatic heterocycles. The Morgan fingerprint density at radius 1 is 0.931 bits per heavy atom. The highest BCUT2D eigenvalue weighted by atomic mass is 19.4. The van der Waals surface area contributed by atoms with Crippen LogP contribution in [0.1, 0.15) is 36.1 Å². The lowest BCUT2D eigenvalue weighted by Gasteiger charge is -2.36. The zero-order valence-electron chi connectivity index (χ0n) is 15.8. The Labute approximate surface area is 164 Å². The van der Waals surface area contributed by atoms with Crippen molar-refractivity contribution in [3.63, 3.8) is 0 Å². The highest BCUT2D eigenvalue weighted by Crippen LogP contribution is 2.38. The summed E-state index contributed by atoms with van der Waals surface area (Å²) in [6.07, 6.45) is -2.31. The molecule has 8 nitrogen and oxygen atoms in total. The average molecular weight is 404 g/mol. The molecule has 1 aliphatic carbocycles. The normalized spacial score (nSPS) is 17.9. The molecule has 0 atom stereocenters. The third-order valence-corrected chi connectivity index (χ3v) is 5.23. The van der Waals surface area contributed by atoms with E-state index in [4.69, 9.17) is 4.98 Å². The van der Waals surface area contributed by atoms with Gasteiger partial charge in [-0.15, -0.1) is 15.3 Å². The summed E-state index contributed by atoms with van der Waals surface area (Å²) in [7, 11) is 0. The second-order valence-electron chi connectivity index (χ2n) is 7.46. The van der Waals surface area contributed by atoms with E-state index in [0.717, 1.165) is 34.7 Å². The van der Waals surface area contributed by atoms with Crippen LogP contribution in [0.15, 0.2) is 18.2 Å². The quantitative estimate of drug-likeness (QED) is 0.664. The van der Waals surface area contributed by atoms with Gasteiger partial charge in [0.15, 0.2) is 5.65 Å². The lowest BCUT2D eigenvalue weighted by atomic mass is 10.2. The SMILES string of the molecule is Cc1cc(N2CCN(c3ccc4nnc(C(F)(F)F)n4n3)CC2)nc(C2CC2)n1. The van der Waals surface area contributed by atoms with Crippen LogP contribution in [-0.2, 0) is 6.18 Å². The number of hydrogen-bond acceptors (Lipinski definition) is 7. The maximum atomic E-state index is 13.1. The van der Waals surface area contributed by atoms with Gasteiger partial charge in [0.1, 0.15) is 17.5 Å². The van der Waals surface area contributed by atoms with Crippen LogP contribution < -0.4 is 9.80 Å². The molecule has 0 spiro atoms. The number of aromatic nitrogens is 6. The van der Waals surface area contributed by atoms with Gasteiger partial charge in [-0.1, -0.05) is 0 Å². The van der Waals surface area contributed by atoms with Crippen LogP contribution in [0.4, 0.5) is 24.8 Å². The Kier molecular flexibility index (Phi) is 4.07. The van der Waals surface area contributed by atoms with Crippen molar-refractivity contribution < 1.29 is 13.2 Å². The van der Waals surface area contributed by atoms with Gasteiger partial charge in [-0.2, -0.15) is 17.7 Å². The molecule has 4 heterocycles. The number of rotatable bonds is 3. The average Bonchev–Trinajstić information content (AvgIpc) is 3.45. The number of piperazine rings is 1. The number of aryl methyl sites for hydroxylation is 1. The van der Waals surface area contributed by atoms with Gasteiger partial charge in [-0.25, -0.2) is 9.97 Å². The van der Waals surface area contributed by atoms with Crippen LogP contribution in [0.5, 0.6) is 0 Å². The Morgan fingerprint density at radius 3 is 2.28 bits per heavy atom. The number of hydrogen-bond donors (Lipinski definition) is 0. The summed E-state index contributed by atoms with van der Waals surface area (Å²) in [6, 6.07) is 5.17. The molecule has 1 saturated carbocycles. The maximum Gasteiger partial charge on any atom is 0.453 e. The Bertz CT molecular complexity index is 1050. The molecule has 0 radical (unpaired) electrons. The fourth-order valence-electron chi connectivity index (χ4n) is 3.55. The standard InChI is InChI=1S/C18H19F3N8/c1-11-10-15(23-16(22-11)12-2-3-12)28-8-6-27(7-9-28)14-5-4-13-24-25-17(18(19,20)21)29(13)26-14/h4-5,10,12H,2-3,6-9H2,1H3. The first-order valence-corrected chi connectivity index (χ1v) is 9.53. The fraction of sp³-hybridized carbons (Fsp3) is 0.500. The van der Waals surface area contributed by atoms with E-state index in [1.807, 2.05) is 17.9 Å². The molecule has 0 aromatic carbocycles. The Balaban J connectivity index is 1.34. The predicted octanol–water partition coefficient (Wildman–Crippen LogP) is 2.45. The van der Waals surface area contributed by atoms with Crippen LogP contribution in [0.25, 0.3) is 5.65 Å². The van der Waals surface area contributed by atoms with E-state index in [0.29, 0.717) is 37.9 Å². The molecule has 0 amide bonds. The first kappa shape index (κ1) is 18.1. The number of nitrogens with zero attached hydrogens (tertiary/aromatic N) is 8. The third-order valence-electron chi connectivity index (χ3n) is 5.23. The van der Waals surface area contributed by atoms with Crippen LogP contribution in [-0.4, -0.2) is 56.0 Å². The second-order valence-corrected chi connectivity index (χ2v) is 7.46. The van der Waals surface area contributed by atoms with Crippen molar-refractivity contribution in [2.45, 2.75) is 31.9 Å². The summed E-state index contributed by atoms with van der Waals surface area (Å²) >= 11 is 0. The molecule has 2 fully saturated rings. The van der Waals surface area contributed by atoms with Crippen LogP contribution in [0.2, 0.25) is 0 Å². The van der Waals surface area contributed by atoms with E-state index in [-0.39, 0.29) is 5.65 Å². The van der Waals surface area contributed by atoms with E-state index in [1.54, 1.807) is 6.07 Å². The minimum atomic E-state index is -4.60. The molecular weight excluding hydrogens is 385 g/mol. The molecule has 2 aliphatic rings. The van der Waals surface area contributed by atoms with Crippen LogP contribution >= 0.6 is 0 Å². The summed E-state index contributed by atoms with van der Waals surface area (Å²) in [5.41, 5.74) is 1.03. The molecular formula is C18H19F3N8.